The van der Waals surface area contributed by atoms with Gasteiger partial charge in [-0.25, -0.2) is 4.39 Å². The van der Waals surface area contributed by atoms with Crippen molar-refractivity contribution in [3.05, 3.63) is 100 Å². The lowest BCUT2D eigenvalue weighted by Gasteiger charge is -2.06. The van der Waals surface area contributed by atoms with Crippen molar-refractivity contribution in [3.63, 3.8) is 0 Å². The quantitative estimate of drug-likeness (QED) is 0.588. The van der Waals surface area contributed by atoms with Crippen molar-refractivity contribution in [1.82, 2.24) is 4.98 Å². The standard InChI is InChI=1S/C23H24FN/c1-17-3-11-21(23(24)15-17)12-9-19-5-7-20(8-6-19)10-14-22-13-4-18(2)16-25-22/h3-8,11,13,15-16H,9-10,12,14H2,1-2H3. The number of nitrogens with zero attached hydrogens (tertiary/aromatic N) is 1. The van der Waals surface area contributed by atoms with Crippen LogP contribution in [0, 0.1) is 19.7 Å². The van der Waals surface area contributed by atoms with Crippen molar-refractivity contribution in [1.29, 1.82) is 0 Å². The van der Waals surface area contributed by atoms with Crippen molar-refractivity contribution in [2.75, 3.05) is 0 Å². The summed E-state index contributed by atoms with van der Waals surface area (Å²) in [6, 6.07) is 18.3. The molecular formula is C23H24FN. The molecule has 0 aliphatic heterocycles. The maximum atomic E-state index is 13.9. The van der Waals surface area contributed by atoms with E-state index in [0.29, 0.717) is 0 Å². The van der Waals surface area contributed by atoms with Crippen molar-refractivity contribution < 1.29 is 4.39 Å². The van der Waals surface area contributed by atoms with Crippen LogP contribution in [0.3, 0.4) is 0 Å². The number of halogens is 1. The smallest absolute Gasteiger partial charge is 0.126 e. The second-order valence-corrected chi connectivity index (χ2v) is 6.74. The average molecular weight is 333 g/mol. The number of aryl methyl sites for hydroxylation is 6. The molecule has 1 nitrogen and oxygen atoms in total. The number of hydrogen-bond acceptors (Lipinski definition) is 1. The molecule has 3 rings (SSSR count). The Labute approximate surface area is 149 Å². The molecule has 0 atom stereocenters. The predicted molar refractivity (Wildman–Crippen MR) is 101 cm³/mol. The first kappa shape index (κ1) is 17.3. The maximum Gasteiger partial charge on any atom is 0.126 e. The lowest BCUT2D eigenvalue weighted by molar-refractivity contribution is 0.607. The molecule has 25 heavy (non-hydrogen) atoms. The van der Waals surface area contributed by atoms with Crippen LogP contribution in [0.2, 0.25) is 0 Å². The minimum atomic E-state index is -0.0952. The topological polar surface area (TPSA) is 12.9 Å². The van der Waals surface area contributed by atoms with E-state index in [1.807, 2.05) is 25.3 Å². The predicted octanol–water partition coefficient (Wildman–Crippen LogP) is 5.41. The van der Waals surface area contributed by atoms with Crippen molar-refractivity contribution in [2.45, 2.75) is 39.5 Å². The fourth-order valence-corrected chi connectivity index (χ4v) is 2.93. The second-order valence-electron chi connectivity index (χ2n) is 6.74. The van der Waals surface area contributed by atoms with Gasteiger partial charge in [0.2, 0.25) is 0 Å². The molecule has 0 radical (unpaired) electrons. The molecule has 0 aliphatic rings. The number of hydrogen-bond donors (Lipinski definition) is 0. The van der Waals surface area contributed by atoms with Gasteiger partial charge in [0.15, 0.2) is 0 Å². The van der Waals surface area contributed by atoms with E-state index < -0.39 is 0 Å². The van der Waals surface area contributed by atoms with Gasteiger partial charge in [-0.1, -0.05) is 42.5 Å². The van der Waals surface area contributed by atoms with Gasteiger partial charge in [-0.15, -0.1) is 0 Å². The van der Waals surface area contributed by atoms with E-state index >= 15 is 0 Å². The Morgan fingerprint density at radius 1 is 0.720 bits per heavy atom. The zero-order valence-corrected chi connectivity index (χ0v) is 14.9. The summed E-state index contributed by atoms with van der Waals surface area (Å²) in [6.07, 6.45) is 5.46. The van der Waals surface area contributed by atoms with Crippen molar-refractivity contribution in [3.8, 4) is 0 Å². The van der Waals surface area contributed by atoms with E-state index in [9.17, 15) is 4.39 Å². The highest BCUT2D eigenvalue weighted by molar-refractivity contribution is 5.27. The molecule has 0 spiro atoms. The van der Waals surface area contributed by atoms with E-state index in [2.05, 4.69) is 48.3 Å². The van der Waals surface area contributed by atoms with Gasteiger partial charge in [-0.3, -0.25) is 4.98 Å². The maximum absolute atomic E-state index is 13.9. The van der Waals surface area contributed by atoms with Crippen LogP contribution in [-0.2, 0) is 25.7 Å². The number of benzene rings is 2. The summed E-state index contributed by atoms with van der Waals surface area (Å²) in [5, 5.41) is 0. The Bertz CT molecular complexity index is 820. The van der Waals surface area contributed by atoms with E-state index in [1.54, 1.807) is 6.07 Å². The van der Waals surface area contributed by atoms with Crippen LogP contribution in [0.4, 0.5) is 4.39 Å². The summed E-state index contributed by atoms with van der Waals surface area (Å²) in [5.41, 5.74) is 6.64. The average Bonchev–Trinajstić information content (AvgIpc) is 2.61. The fourth-order valence-electron chi connectivity index (χ4n) is 2.93. The molecule has 2 heteroatoms. The summed E-state index contributed by atoms with van der Waals surface area (Å²) in [6.45, 7) is 3.97. The molecule has 128 valence electrons. The summed E-state index contributed by atoms with van der Waals surface area (Å²) >= 11 is 0. The van der Waals surface area contributed by atoms with Gasteiger partial charge in [0, 0.05) is 11.9 Å². The Hall–Kier alpha value is -2.48. The highest BCUT2D eigenvalue weighted by atomic mass is 19.1. The van der Waals surface area contributed by atoms with Crippen LogP contribution in [0.25, 0.3) is 0 Å². The summed E-state index contributed by atoms with van der Waals surface area (Å²) in [4.78, 5) is 4.45. The fraction of sp³-hybridized carbons (Fsp3) is 0.261. The lowest BCUT2D eigenvalue weighted by Crippen LogP contribution is -1.97. The number of pyridine rings is 1. The zero-order chi connectivity index (χ0) is 17.6. The highest BCUT2D eigenvalue weighted by Crippen LogP contribution is 2.14. The molecule has 3 aromatic rings. The van der Waals surface area contributed by atoms with Crippen LogP contribution >= 0.6 is 0 Å². The van der Waals surface area contributed by atoms with E-state index in [-0.39, 0.29) is 5.82 Å². The zero-order valence-electron chi connectivity index (χ0n) is 14.9. The van der Waals surface area contributed by atoms with Crippen LogP contribution in [0.1, 0.15) is 33.5 Å². The summed E-state index contributed by atoms with van der Waals surface area (Å²) in [7, 11) is 0. The minimum absolute atomic E-state index is 0.0952. The molecule has 1 aromatic heterocycles. The molecule has 0 saturated heterocycles. The van der Waals surface area contributed by atoms with E-state index in [0.717, 1.165) is 42.5 Å². The van der Waals surface area contributed by atoms with Gasteiger partial charge in [0.05, 0.1) is 0 Å². The van der Waals surface area contributed by atoms with Crippen molar-refractivity contribution >= 4 is 0 Å². The Balaban J connectivity index is 1.54. The molecule has 0 saturated carbocycles. The molecular weight excluding hydrogens is 309 g/mol. The molecule has 0 N–H and O–H groups in total. The van der Waals surface area contributed by atoms with Crippen LogP contribution in [0.5, 0.6) is 0 Å². The third-order valence-corrected chi connectivity index (χ3v) is 4.56. The van der Waals surface area contributed by atoms with Gasteiger partial charge in [0.1, 0.15) is 5.82 Å². The number of rotatable bonds is 6. The highest BCUT2D eigenvalue weighted by Gasteiger charge is 2.03. The van der Waals surface area contributed by atoms with Crippen LogP contribution in [0.15, 0.2) is 60.8 Å². The molecule has 0 amide bonds. The molecule has 0 aliphatic carbocycles. The monoisotopic (exact) mass is 333 g/mol. The molecule has 0 bridgehead atoms. The van der Waals surface area contributed by atoms with Crippen LogP contribution in [-0.4, -0.2) is 4.98 Å². The molecule has 2 aromatic carbocycles. The Morgan fingerprint density at radius 2 is 1.36 bits per heavy atom. The lowest BCUT2D eigenvalue weighted by atomic mass is 10.0. The van der Waals surface area contributed by atoms with Gasteiger partial charge in [-0.05, 0) is 79.5 Å². The van der Waals surface area contributed by atoms with Crippen LogP contribution < -0.4 is 0 Å². The summed E-state index contributed by atoms with van der Waals surface area (Å²) in [5.74, 6) is -0.0952. The minimum Gasteiger partial charge on any atom is -0.261 e. The number of aromatic nitrogens is 1. The van der Waals surface area contributed by atoms with Gasteiger partial charge < -0.3 is 0 Å². The molecule has 1 heterocycles. The first-order valence-corrected chi connectivity index (χ1v) is 8.84. The van der Waals surface area contributed by atoms with Gasteiger partial charge in [-0.2, -0.15) is 0 Å². The van der Waals surface area contributed by atoms with Gasteiger partial charge in [0.25, 0.3) is 0 Å². The second kappa shape index (κ2) is 8.06. The SMILES string of the molecule is Cc1ccc(CCc2ccc(CCc3ccc(C)cc3F)cc2)nc1. The van der Waals surface area contributed by atoms with Gasteiger partial charge >= 0.3 is 0 Å². The summed E-state index contributed by atoms with van der Waals surface area (Å²) < 4.78 is 13.9. The third kappa shape index (κ3) is 4.99. The Morgan fingerprint density at radius 3 is 1.96 bits per heavy atom. The first-order valence-electron chi connectivity index (χ1n) is 8.84. The molecule has 0 fully saturated rings. The largest absolute Gasteiger partial charge is 0.261 e. The normalized spacial score (nSPS) is 10.8. The van der Waals surface area contributed by atoms with E-state index in [4.69, 9.17) is 0 Å². The molecule has 0 unspecified atom stereocenters. The third-order valence-electron chi connectivity index (χ3n) is 4.56. The Kier molecular flexibility index (Phi) is 5.60. The van der Waals surface area contributed by atoms with Crippen molar-refractivity contribution in [2.24, 2.45) is 0 Å². The first-order chi connectivity index (χ1) is 12.1. The van der Waals surface area contributed by atoms with E-state index in [1.165, 1.54) is 16.7 Å².